The Hall–Kier alpha value is -0.970. The van der Waals surface area contributed by atoms with E-state index in [0.29, 0.717) is 28.9 Å². The van der Waals surface area contributed by atoms with Crippen molar-refractivity contribution in [1.82, 2.24) is 5.32 Å². The zero-order chi connectivity index (χ0) is 12.8. The summed E-state index contributed by atoms with van der Waals surface area (Å²) < 4.78 is 5.42. The van der Waals surface area contributed by atoms with Crippen molar-refractivity contribution < 1.29 is 9.53 Å². The van der Waals surface area contributed by atoms with E-state index in [-0.39, 0.29) is 5.91 Å². The summed E-state index contributed by atoms with van der Waals surface area (Å²) in [6, 6.07) is 5.00. The maximum Gasteiger partial charge on any atom is 0.260 e. The number of amides is 1. The first kappa shape index (κ1) is 14.1. The van der Waals surface area contributed by atoms with Crippen molar-refractivity contribution in [2.45, 2.75) is 13.0 Å². The minimum Gasteiger partial charge on any atom is -0.478 e. The third kappa shape index (κ3) is 4.07. The van der Waals surface area contributed by atoms with Gasteiger partial charge in [0.2, 0.25) is 0 Å². The summed E-state index contributed by atoms with van der Waals surface area (Å²) >= 11 is 11.8. The quantitative estimate of drug-likeness (QED) is 0.863. The minimum absolute atomic E-state index is 0.258. The van der Waals surface area contributed by atoms with Gasteiger partial charge in [-0.15, -0.1) is 0 Å². The van der Waals surface area contributed by atoms with Crippen LogP contribution in [0.2, 0.25) is 10.0 Å². The van der Waals surface area contributed by atoms with Gasteiger partial charge in [-0.1, -0.05) is 29.3 Å². The van der Waals surface area contributed by atoms with Gasteiger partial charge in [-0.3, -0.25) is 4.79 Å². The summed E-state index contributed by atoms with van der Waals surface area (Å²) in [5.41, 5.74) is 5.28. The number of carbonyl (C=O) groups excluding carboxylic acids is 1. The maximum absolute atomic E-state index is 11.6. The zero-order valence-electron chi connectivity index (χ0n) is 9.37. The van der Waals surface area contributed by atoms with Gasteiger partial charge in [0.25, 0.3) is 5.91 Å². The zero-order valence-corrected chi connectivity index (χ0v) is 10.9. The number of para-hydroxylation sites is 1. The first-order valence-electron chi connectivity index (χ1n) is 5.14. The molecule has 1 atom stereocenters. The summed E-state index contributed by atoms with van der Waals surface area (Å²) in [5, 5.41) is 3.36. The van der Waals surface area contributed by atoms with Crippen LogP contribution in [0.1, 0.15) is 6.92 Å². The molecule has 1 aromatic rings. The summed E-state index contributed by atoms with van der Waals surface area (Å²) in [6.07, 6.45) is -0.682. The molecule has 0 unspecified atom stereocenters. The second kappa shape index (κ2) is 6.69. The van der Waals surface area contributed by atoms with E-state index in [9.17, 15) is 4.79 Å². The number of nitrogens with one attached hydrogen (secondary N) is 1. The van der Waals surface area contributed by atoms with Gasteiger partial charge in [0.05, 0.1) is 10.0 Å². The lowest BCUT2D eigenvalue weighted by molar-refractivity contribution is -0.127. The number of halogens is 2. The molecule has 6 heteroatoms. The summed E-state index contributed by atoms with van der Waals surface area (Å²) in [6.45, 7) is 2.40. The Morgan fingerprint density at radius 3 is 2.59 bits per heavy atom. The van der Waals surface area contributed by atoms with Gasteiger partial charge in [0, 0.05) is 13.1 Å². The molecule has 0 aliphatic carbocycles. The van der Waals surface area contributed by atoms with E-state index in [4.69, 9.17) is 33.7 Å². The first-order chi connectivity index (χ1) is 8.06. The fraction of sp³-hybridized carbons (Fsp3) is 0.364. The molecule has 94 valence electrons. The summed E-state index contributed by atoms with van der Waals surface area (Å²) in [7, 11) is 0. The Morgan fingerprint density at radius 2 is 2.06 bits per heavy atom. The maximum atomic E-state index is 11.6. The van der Waals surface area contributed by atoms with Crippen LogP contribution < -0.4 is 15.8 Å². The van der Waals surface area contributed by atoms with Crippen LogP contribution in [0.3, 0.4) is 0 Å². The molecule has 0 aromatic heterocycles. The van der Waals surface area contributed by atoms with E-state index in [1.807, 2.05) is 0 Å². The minimum atomic E-state index is -0.682. The third-order valence-electron chi connectivity index (χ3n) is 2.03. The number of carbonyl (C=O) groups is 1. The monoisotopic (exact) mass is 276 g/mol. The molecule has 0 fully saturated rings. The van der Waals surface area contributed by atoms with Gasteiger partial charge >= 0.3 is 0 Å². The first-order valence-corrected chi connectivity index (χ1v) is 5.90. The van der Waals surface area contributed by atoms with Crippen molar-refractivity contribution in [3.8, 4) is 5.75 Å². The lowest BCUT2D eigenvalue weighted by Crippen LogP contribution is -2.38. The van der Waals surface area contributed by atoms with Crippen molar-refractivity contribution >= 4 is 29.1 Å². The number of nitrogens with two attached hydrogens (primary N) is 1. The van der Waals surface area contributed by atoms with Crippen molar-refractivity contribution in [3.05, 3.63) is 28.2 Å². The van der Waals surface area contributed by atoms with Crippen LogP contribution in [0.4, 0.5) is 0 Å². The fourth-order valence-electron chi connectivity index (χ4n) is 1.16. The Morgan fingerprint density at radius 1 is 1.47 bits per heavy atom. The molecule has 0 saturated heterocycles. The van der Waals surface area contributed by atoms with Gasteiger partial charge in [-0.25, -0.2) is 0 Å². The topological polar surface area (TPSA) is 64.3 Å². The van der Waals surface area contributed by atoms with Crippen LogP contribution in [0.5, 0.6) is 5.75 Å². The molecule has 0 saturated carbocycles. The molecule has 1 aromatic carbocycles. The normalized spacial score (nSPS) is 12.0. The Balaban J connectivity index is 2.67. The number of hydrogen-bond acceptors (Lipinski definition) is 3. The number of ether oxygens (including phenoxy) is 1. The molecule has 3 N–H and O–H groups in total. The van der Waals surface area contributed by atoms with E-state index in [2.05, 4.69) is 5.32 Å². The second-order valence-corrected chi connectivity index (χ2v) is 4.20. The highest BCUT2D eigenvalue weighted by Gasteiger charge is 2.17. The molecule has 0 aliphatic rings. The van der Waals surface area contributed by atoms with Gasteiger partial charge in [0.1, 0.15) is 0 Å². The molecule has 0 spiro atoms. The summed E-state index contributed by atoms with van der Waals surface area (Å²) in [5.74, 6) is 0.0534. The van der Waals surface area contributed by atoms with Crippen molar-refractivity contribution in [2.24, 2.45) is 5.73 Å². The molecule has 0 bridgehead atoms. The van der Waals surface area contributed by atoms with Crippen molar-refractivity contribution in [2.75, 3.05) is 13.1 Å². The van der Waals surface area contributed by atoms with Gasteiger partial charge in [0.15, 0.2) is 11.9 Å². The molecule has 4 nitrogen and oxygen atoms in total. The highest BCUT2D eigenvalue weighted by molar-refractivity contribution is 6.37. The molecule has 0 aliphatic heterocycles. The van der Waals surface area contributed by atoms with Gasteiger partial charge in [-0.2, -0.15) is 0 Å². The average molecular weight is 277 g/mol. The largest absolute Gasteiger partial charge is 0.478 e. The van der Waals surface area contributed by atoms with E-state index >= 15 is 0 Å². The standard InChI is InChI=1S/C11H14Cl2N2O2/c1-7(11(16)15-6-5-14)17-10-8(12)3-2-4-9(10)13/h2-4,7H,5-6,14H2,1H3,(H,15,16)/t7-/m0/s1. The second-order valence-electron chi connectivity index (χ2n) is 3.39. The van der Waals surface area contributed by atoms with Crippen LogP contribution in [0.15, 0.2) is 18.2 Å². The Bertz CT molecular complexity index is 379. The molecule has 1 amide bonds. The predicted molar refractivity (Wildman–Crippen MR) is 68.6 cm³/mol. The fourth-order valence-corrected chi connectivity index (χ4v) is 1.65. The van der Waals surface area contributed by atoms with E-state index < -0.39 is 6.10 Å². The molecule has 0 heterocycles. The van der Waals surface area contributed by atoms with Crippen LogP contribution >= 0.6 is 23.2 Å². The highest BCUT2D eigenvalue weighted by atomic mass is 35.5. The van der Waals surface area contributed by atoms with Crippen molar-refractivity contribution in [3.63, 3.8) is 0 Å². The average Bonchev–Trinajstić information content (AvgIpc) is 2.30. The number of hydrogen-bond donors (Lipinski definition) is 2. The number of benzene rings is 1. The third-order valence-corrected chi connectivity index (χ3v) is 2.62. The molecule has 1 rings (SSSR count). The lowest BCUT2D eigenvalue weighted by atomic mass is 10.3. The number of rotatable bonds is 5. The Kier molecular flexibility index (Phi) is 5.55. The smallest absolute Gasteiger partial charge is 0.260 e. The summed E-state index contributed by atoms with van der Waals surface area (Å²) in [4.78, 5) is 11.6. The van der Waals surface area contributed by atoms with E-state index in [0.717, 1.165) is 0 Å². The Labute approximate surface area is 110 Å². The molecular formula is C11H14Cl2N2O2. The SMILES string of the molecule is C[C@H](Oc1c(Cl)cccc1Cl)C(=O)NCCN. The van der Waals surface area contributed by atoms with Crippen LogP contribution in [0.25, 0.3) is 0 Å². The van der Waals surface area contributed by atoms with E-state index in [1.165, 1.54) is 0 Å². The van der Waals surface area contributed by atoms with Crippen molar-refractivity contribution in [1.29, 1.82) is 0 Å². The van der Waals surface area contributed by atoms with Crippen LogP contribution in [-0.2, 0) is 4.79 Å². The molecular weight excluding hydrogens is 263 g/mol. The van der Waals surface area contributed by atoms with E-state index in [1.54, 1.807) is 25.1 Å². The predicted octanol–water partition coefficient (Wildman–Crippen LogP) is 1.84. The van der Waals surface area contributed by atoms with Gasteiger partial charge in [-0.05, 0) is 19.1 Å². The highest BCUT2D eigenvalue weighted by Crippen LogP contribution is 2.33. The van der Waals surface area contributed by atoms with Crippen LogP contribution in [0, 0.1) is 0 Å². The molecule has 17 heavy (non-hydrogen) atoms. The lowest BCUT2D eigenvalue weighted by Gasteiger charge is -2.16. The van der Waals surface area contributed by atoms with Gasteiger partial charge < -0.3 is 15.8 Å². The molecule has 0 radical (unpaired) electrons. The van der Waals surface area contributed by atoms with Crippen LogP contribution in [-0.4, -0.2) is 25.1 Å².